The van der Waals surface area contributed by atoms with E-state index in [1.165, 1.54) is 0 Å². The van der Waals surface area contributed by atoms with E-state index in [0.717, 1.165) is 37.4 Å². The summed E-state index contributed by atoms with van der Waals surface area (Å²) < 4.78 is 0. The van der Waals surface area contributed by atoms with Crippen molar-refractivity contribution in [1.82, 2.24) is 9.80 Å². The van der Waals surface area contributed by atoms with E-state index in [1.807, 2.05) is 16.7 Å². The summed E-state index contributed by atoms with van der Waals surface area (Å²) in [5, 5.41) is 12.1. The minimum Gasteiger partial charge on any atom is -0.480 e. The minimum absolute atomic E-state index is 0. The number of piperidine rings is 1. The van der Waals surface area contributed by atoms with Gasteiger partial charge in [-0.2, -0.15) is 11.8 Å². The molecular formula is C19H26ClN3O4S. The van der Waals surface area contributed by atoms with Crippen LogP contribution in [0.15, 0.2) is 24.3 Å². The molecule has 1 atom stereocenters. The summed E-state index contributed by atoms with van der Waals surface area (Å²) >= 11 is 1.84. The topological polar surface area (TPSA) is 90.0 Å². The number of carbonyl (C=O) groups is 3. The van der Waals surface area contributed by atoms with Crippen molar-refractivity contribution in [1.29, 1.82) is 0 Å². The molecule has 2 heterocycles. The second-order valence-corrected chi connectivity index (χ2v) is 8.08. The number of nitrogens with one attached hydrogen (secondary N) is 1. The van der Waals surface area contributed by atoms with Gasteiger partial charge in [0.25, 0.3) is 5.91 Å². The lowest BCUT2D eigenvalue weighted by atomic mass is 10.0. The molecule has 2 aliphatic heterocycles. The summed E-state index contributed by atoms with van der Waals surface area (Å²) in [7, 11) is 0. The number of rotatable bonds is 5. The molecule has 9 heteroatoms. The molecule has 0 spiro atoms. The Hall–Kier alpha value is -1.77. The highest BCUT2D eigenvalue weighted by molar-refractivity contribution is 7.99. The number of benzene rings is 1. The number of hydrogen-bond acceptors (Lipinski definition) is 5. The van der Waals surface area contributed by atoms with Crippen molar-refractivity contribution < 1.29 is 19.5 Å². The minimum atomic E-state index is -0.880. The Balaban J connectivity index is 0.00000280. The number of hydrogen-bond donors (Lipinski definition) is 2. The molecule has 0 radical (unpaired) electrons. The summed E-state index contributed by atoms with van der Waals surface area (Å²) in [6, 6.07) is 6.33. The molecule has 3 rings (SSSR count). The van der Waals surface area contributed by atoms with Gasteiger partial charge in [0.15, 0.2) is 0 Å². The van der Waals surface area contributed by atoms with Gasteiger partial charge in [-0.25, -0.2) is 0 Å². The zero-order valence-electron chi connectivity index (χ0n) is 15.6. The fraction of sp³-hybridized carbons (Fsp3) is 0.526. The highest BCUT2D eigenvalue weighted by atomic mass is 35.5. The number of halogens is 1. The van der Waals surface area contributed by atoms with Crippen molar-refractivity contribution in [3.05, 3.63) is 29.8 Å². The number of aliphatic carboxylic acids is 1. The van der Waals surface area contributed by atoms with E-state index in [-0.39, 0.29) is 30.8 Å². The number of anilines is 1. The molecule has 1 aromatic carbocycles. The first kappa shape index (κ1) is 22.5. The number of amides is 2. The maximum Gasteiger partial charge on any atom is 0.320 e. The van der Waals surface area contributed by atoms with Crippen LogP contribution < -0.4 is 5.32 Å². The summed E-state index contributed by atoms with van der Waals surface area (Å²) in [5.74, 6) is 0.733. The predicted octanol–water partition coefficient (Wildman–Crippen LogP) is 2.17. The standard InChI is InChI=1S/C19H25N3O4S.ClH/c23-17(13-22-7-2-1-6-16(22)19(25)26)20-15-5-3-4-14(12-15)18(24)21-8-10-27-11-9-21;/h3-5,12,16H,1-2,6-11,13H2,(H,20,23)(H,25,26);1H. The van der Waals surface area contributed by atoms with E-state index in [9.17, 15) is 19.5 Å². The predicted molar refractivity (Wildman–Crippen MR) is 112 cm³/mol. The summed E-state index contributed by atoms with van der Waals surface area (Å²) in [5.41, 5.74) is 1.11. The Kier molecular flexibility index (Phi) is 8.59. The Morgan fingerprint density at radius 2 is 1.89 bits per heavy atom. The molecule has 2 amide bonds. The van der Waals surface area contributed by atoms with Crippen molar-refractivity contribution in [2.45, 2.75) is 25.3 Å². The van der Waals surface area contributed by atoms with Gasteiger partial charge in [0, 0.05) is 35.8 Å². The van der Waals surface area contributed by atoms with Gasteiger partial charge in [-0.3, -0.25) is 19.3 Å². The van der Waals surface area contributed by atoms with Crippen molar-refractivity contribution in [2.24, 2.45) is 0 Å². The van der Waals surface area contributed by atoms with Crippen LogP contribution in [0.3, 0.4) is 0 Å². The number of carbonyl (C=O) groups excluding carboxylic acids is 2. The maximum atomic E-state index is 12.6. The molecular weight excluding hydrogens is 402 g/mol. The van der Waals surface area contributed by atoms with Gasteiger partial charge in [0.1, 0.15) is 6.04 Å². The molecule has 2 N–H and O–H groups in total. The highest BCUT2D eigenvalue weighted by Crippen LogP contribution is 2.19. The number of likely N-dealkylation sites (tertiary alicyclic amines) is 1. The molecule has 1 unspecified atom stereocenters. The Labute approximate surface area is 175 Å². The molecule has 154 valence electrons. The van der Waals surface area contributed by atoms with Crippen LogP contribution in [0.5, 0.6) is 0 Å². The third-order valence-corrected chi connectivity index (χ3v) is 5.88. The van der Waals surface area contributed by atoms with Crippen molar-refractivity contribution in [2.75, 3.05) is 43.0 Å². The van der Waals surface area contributed by atoms with Crippen LogP contribution in [0.25, 0.3) is 0 Å². The van der Waals surface area contributed by atoms with E-state index >= 15 is 0 Å². The van der Waals surface area contributed by atoms with Crippen LogP contribution in [0.1, 0.15) is 29.6 Å². The van der Waals surface area contributed by atoms with Crippen LogP contribution in [-0.4, -0.2) is 76.4 Å². The first-order chi connectivity index (χ1) is 13.0. The van der Waals surface area contributed by atoms with Gasteiger partial charge in [0.05, 0.1) is 6.54 Å². The first-order valence-corrected chi connectivity index (χ1v) is 10.4. The van der Waals surface area contributed by atoms with E-state index < -0.39 is 12.0 Å². The number of carboxylic acid groups (broad SMARTS) is 1. The van der Waals surface area contributed by atoms with Crippen LogP contribution in [-0.2, 0) is 9.59 Å². The second-order valence-electron chi connectivity index (χ2n) is 6.85. The average molecular weight is 428 g/mol. The molecule has 0 saturated carbocycles. The maximum absolute atomic E-state index is 12.6. The Bertz CT molecular complexity index is 712. The zero-order valence-corrected chi connectivity index (χ0v) is 17.3. The zero-order chi connectivity index (χ0) is 19.2. The SMILES string of the molecule is Cl.O=C(CN1CCCCC1C(=O)O)Nc1cccc(C(=O)N2CCSCC2)c1. The fourth-order valence-electron chi connectivity index (χ4n) is 3.52. The number of thioether (sulfide) groups is 1. The monoisotopic (exact) mass is 427 g/mol. The summed E-state index contributed by atoms with van der Waals surface area (Å²) in [4.78, 5) is 39.9. The molecule has 7 nitrogen and oxygen atoms in total. The van der Waals surface area contributed by atoms with Gasteiger partial charge < -0.3 is 15.3 Å². The van der Waals surface area contributed by atoms with E-state index in [2.05, 4.69) is 5.32 Å². The van der Waals surface area contributed by atoms with E-state index in [1.54, 1.807) is 29.2 Å². The Morgan fingerprint density at radius 1 is 1.14 bits per heavy atom. The van der Waals surface area contributed by atoms with Crippen LogP contribution in [0.4, 0.5) is 5.69 Å². The lowest BCUT2D eigenvalue weighted by Gasteiger charge is -2.32. The van der Waals surface area contributed by atoms with E-state index in [0.29, 0.717) is 24.2 Å². The van der Waals surface area contributed by atoms with Crippen LogP contribution in [0, 0.1) is 0 Å². The Morgan fingerprint density at radius 3 is 2.61 bits per heavy atom. The summed E-state index contributed by atoms with van der Waals surface area (Å²) in [6.45, 7) is 2.13. The molecule has 0 aliphatic carbocycles. The normalized spacial score (nSPS) is 20.1. The van der Waals surface area contributed by atoms with Gasteiger partial charge in [-0.15, -0.1) is 12.4 Å². The van der Waals surface area contributed by atoms with Gasteiger partial charge in [-0.05, 0) is 37.6 Å². The quantitative estimate of drug-likeness (QED) is 0.748. The van der Waals surface area contributed by atoms with Gasteiger partial charge in [-0.1, -0.05) is 12.5 Å². The molecule has 1 aromatic rings. The fourth-order valence-corrected chi connectivity index (χ4v) is 4.43. The molecule has 2 saturated heterocycles. The molecule has 2 aliphatic rings. The van der Waals surface area contributed by atoms with Crippen molar-refractivity contribution in [3.8, 4) is 0 Å². The van der Waals surface area contributed by atoms with Crippen molar-refractivity contribution in [3.63, 3.8) is 0 Å². The lowest BCUT2D eigenvalue weighted by molar-refractivity contribution is -0.145. The number of nitrogens with zero attached hydrogens (tertiary/aromatic N) is 2. The summed E-state index contributed by atoms with van der Waals surface area (Å²) in [6.07, 6.45) is 2.34. The van der Waals surface area contributed by atoms with Crippen LogP contribution >= 0.6 is 24.2 Å². The molecule has 2 fully saturated rings. The molecule has 0 bridgehead atoms. The molecule has 28 heavy (non-hydrogen) atoms. The van der Waals surface area contributed by atoms with Crippen molar-refractivity contribution >= 4 is 47.6 Å². The lowest BCUT2D eigenvalue weighted by Crippen LogP contribution is -2.47. The third kappa shape index (κ3) is 5.86. The average Bonchev–Trinajstić information content (AvgIpc) is 2.68. The first-order valence-electron chi connectivity index (χ1n) is 9.28. The second kappa shape index (κ2) is 10.7. The molecule has 0 aromatic heterocycles. The smallest absolute Gasteiger partial charge is 0.320 e. The third-order valence-electron chi connectivity index (χ3n) is 4.94. The largest absolute Gasteiger partial charge is 0.480 e. The van der Waals surface area contributed by atoms with E-state index in [4.69, 9.17) is 0 Å². The van der Waals surface area contributed by atoms with Gasteiger partial charge >= 0.3 is 5.97 Å². The van der Waals surface area contributed by atoms with Crippen LogP contribution in [0.2, 0.25) is 0 Å². The number of carboxylic acids is 1. The van der Waals surface area contributed by atoms with Gasteiger partial charge in [0.2, 0.25) is 5.91 Å². The highest BCUT2D eigenvalue weighted by Gasteiger charge is 2.29.